The molecular weight excluding hydrogens is 483 g/mol. The minimum Gasteiger partial charge on any atom is -0.444 e. The van der Waals surface area contributed by atoms with Crippen LogP contribution in [0, 0.1) is 0 Å². The molecule has 3 N–H and O–H groups in total. The number of nitrogens with one attached hydrogen (secondary N) is 3. The van der Waals surface area contributed by atoms with E-state index in [1.165, 1.54) is 11.3 Å². The summed E-state index contributed by atoms with van der Waals surface area (Å²) < 4.78 is 7.29. The maximum Gasteiger partial charge on any atom is 0.408 e. The number of amides is 1. The smallest absolute Gasteiger partial charge is 0.408 e. The van der Waals surface area contributed by atoms with E-state index in [0.717, 1.165) is 18.5 Å². The second kappa shape index (κ2) is 11.6. The summed E-state index contributed by atoms with van der Waals surface area (Å²) >= 11 is 0. The quantitative estimate of drug-likeness (QED) is 0.291. The fourth-order valence-corrected chi connectivity index (χ4v) is 2.92. The molecule has 1 aromatic heterocycles. The first kappa shape index (κ1) is 27.5. The van der Waals surface area contributed by atoms with Crippen LogP contribution in [-0.4, -0.2) is 46.6 Å². The Bertz CT molecular complexity index is 692. The molecule has 0 bridgehead atoms. The zero-order chi connectivity index (χ0) is 21.5. The maximum atomic E-state index is 12.0. The first-order valence-corrected chi connectivity index (χ1v) is 9.91. The molecule has 0 aromatic carbocycles. The van der Waals surface area contributed by atoms with Crippen molar-refractivity contribution in [3.63, 3.8) is 0 Å². The molecule has 0 aliphatic heterocycles. The molecule has 0 saturated carbocycles. The molecule has 9 heteroatoms. The number of hydrogen-bond acceptors (Lipinski definition) is 4. The van der Waals surface area contributed by atoms with Gasteiger partial charge in [0.2, 0.25) is 0 Å². The number of hydrogen-bond donors (Lipinski definition) is 3. The summed E-state index contributed by atoms with van der Waals surface area (Å²) in [5, 5.41) is 14.1. The molecule has 1 heterocycles. The molecule has 1 amide bonds. The lowest BCUT2D eigenvalue weighted by atomic mass is 10.1. The highest BCUT2D eigenvalue weighted by molar-refractivity contribution is 14.0. The third-order valence-corrected chi connectivity index (χ3v) is 4.22. The van der Waals surface area contributed by atoms with E-state index in [4.69, 9.17) is 4.74 Å². The molecule has 0 aliphatic carbocycles. The second-order valence-corrected chi connectivity index (χ2v) is 8.49. The highest BCUT2D eigenvalue weighted by Crippen LogP contribution is 2.15. The van der Waals surface area contributed by atoms with E-state index in [2.05, 4.69) is 39.9 Å². The molecular formula is C20H39IN6O2. The number of carbonyl (C=O) groups is 1. The summed E-state index contributed by atoms with van der Waals surface area (Å²) in [6, 6.07) is 0. The molecule has 168 valence electrons. The molecule has 8 nitrogen and oxygen atoms in total. The average molecular weight is 522 g/mol. The van der Waals surface area contributed by atoms with E-state index in [-0.39, 0.29) is 24.0 Å². The van der Waals surface area contributed by atoms with Crippen LogP contribution in [-0.2, 0) is 31.2 Å². The van der Waals surface area contributed by atoms with Crippen molar-refractivity contribution in [1.82, 2.24) is 25.7 Å². The number of aliphatic imine (C=N–C) groups is 1. The number of halogens is 1. The van der Waals surface area contributed by atoms with Crippen molar-refractivity contribution >= 4 is 36.0 Å². The van der Waals surface area contributed by atoms with Crippen LogP contribution in [0.2, 0.25) is 0 Å². The summed E-state index contributed by atoms with van der Waals surface area (Å²) in [4.78, 5) is 16.3. The monoisotopic (exact) mass is 522 g/mol. The van der Waals surface area contributed by atoms with Crippen LogP contribution in [0.4, 0.5) is 4.79 Å². The summed E-state index contributed by atoms with van der Waals surface area (Å²) in [5.74, 6) is 0.673. The number of carbonyl (C=O) groups excluding carboxylic acids is 1. The fourth-order valence-electron chi connectivity index (χ4n) is 2.92. The predicted molar refractivity (Wildman–Crippen MR) is 129 cm³/mol. The highest BCUT2D eigenvalue weighted by atomic mass is 127. The Morgan fingerprint density at radius 3 is 2.24 bits per heavy atom. The zero-order valence-electron chi connectivity index (χ0n) is 19.4. The Balaban J connectivity index is 0.00000784. The lowest BCUT2D eigenvalue weighted by molar-refractivity contribution is 0.0474. The van der Waals surface area contributed by atoms with Crippen molar-refractivity contribution in [3.8, 4) is 0 Å². The second-order valence-electron chi connectivity index (χ2n) is 8.49. The molecule has 0 unspecified atom stereocenters. The zero-order valence-corrected chi connectivity index (χ0v) is 21.7. The molecule has 0 atom stereocenters. The van der Waals surface area contributed by atoms with Gasteiger partial charge >= 0.3 is 6.09 Å². The van der Waals surface area contributed by atoms with E-state index >= 15 is 0 Å². The Morgan fingerprint density at radius 1 is 1.14 bits per heavy atom. The van der Waals surface area contributed by atoms with Gasteiger partial charge in [0.25, 0.3) is 0 Å². The van der Waals surface area contributed by atoms with Crippen LogP contribution in [0.5, 0.6) is 0 Å². The van der Waals surface area contributed by atoms with Crippen molar-refractivity contribution in [2.45, 2.75) is 79.0 Å². The van der Waals surface area contributed by atoms with Gasteiger partial charge in [0.15, 0.2) is 5.96 Å². The number of nitrogens with zero attached hydrogens (tertiary/aromatic N) is 3. The number of ether oxygens (including phenoxy) is 1. The summed E-state index contributed by atoms with van der Waals surface area (Å²) in [7, 11) is 3.72. The topological polar surface area (TPSA) is 92.6 Å². The molecule has 1 aromatic rings. The average Bonchev–Trinajstić information content (AvgIpc) is 2.87. The van der Waals surface area contributed by atoms with Crippen LogP contribution < -0.4 is 16.0 Å². The van der Waals surface area contributed by atoms with E-state index in [1.807, 2.05) is 46.3 Å². The molecule has 0 aliphatic rings. The molecule has 1 rings (SSSR count). The molecule has 0 radical (unpaired) electrons. The van der Waals surface area contributed by atoms with Crippen LogP contribution in [0.25, 0.3) is 0 Å². The first-order chi connectivity index (χ1) is 12.9. The van der Waals surface area contributed by atoms with Gasteiger partial charge in [0.05, 0.1) is 11.2 Å². The first-order valence-electron chi connectivity index (χ1n) is 9.91. The van der Waals surface area contributed by atoms with Gasteiger partial charge in [-0.2, -0.15) is 5.10 Å². The fraction of sp³-hybridized carbons (Fsp3) is 0.750. The third-order valence-electron chi connectivity index (χ3n) is 4.22. The van der Waals surface area contributed by atoms with Gasteiger partial charge in [-0.05, 0) is 47.5 Å². The molecule has 29 heavy (non-hydrogen) atoms. The van der Waals surface area contributed by atoms with Crippen molar-refractivity contribution in [2.75, 3.05) is 13.6 Å². The van der Waals surface area contributed by atoms with Crippen molar-refractivity contribution in [3.05, 3.63) is 17.0 Å². The largest absolute Gasteiger partial charge is 0.444 e. The summed E-state index contributed by atoms with van der Waals surface area (Å²) in [6.45, 7) is 14.8. The number of rotatable bonds is 7. The van der Waals surface area contributed by atoms with E-state index in [1.54, 1.807) is 7.05 Å². The van der Waals surface area contributed by atoms with Crippen LogP contribution in [0.3, 0.4) is 0 Å². The van der Waals surface area contributed by atoms with Crippen LogP contribution in [0.1, 0.15) is 65.4 Å². The van der Waals surface area contributed by atoms with Gasteiger partial charge in [0, 0.05) is 38.4 Å². The van der Waals surface area contributed by atoms with Gasteiger partial charge in [0.1, 0.15) is 5.60 Å². The summed E-state index contributed by atoms with van der Waals surface area (Å²) in [5.41, 5.74) is 2.53. The number of guanidine groups is 1. The third kappa shape index (κ3) is 9.22. The molecule has 0 fully saturated rings. The molecule has 0 spiro atoms. The van der Waals surface area contributed by atoms with Crippen LogP contribution in [0.15, 0.2) is 4.99 Å². The van der Waals surface area contributed by atoms with Gasteiger partial charge in [-0.1, -0.05) is 13.8 Å². The van der Waals surface area contributed by atoms with Gasteiger partial charge in [-0.3, -0.25) is 9.67 Å². The minimum absolute atomic E-state index is 0. The van der Waals surface area contributed by atoms with E-state index in [0.29, 0.717) is 19.0 Å². The Kier molecular flexibility index (Phi) is 11.0. The van der Waals surface area contributed by atoms with Crippen LogP contribution >= 0.6 is 24.0 Å². The Hall–Kier alpha value is -1.52. The van der Waals surface area contributed by atoms with E-state index in [9.17, 15) is 4.79 Å². The highest BCUT2D eigenvalue weighted by Gasteiger charge is 2.25. The Labute approximate surface area is 192 Å². The van der Waals surface area contributed by atoms with E-state index < -0.39 is 17.2 Å². The Morgan fingerprint density at radius 2 is 1.76 bits per heavy atom. The molecule has 0 saturated heterocycles. The minimum atomic E-state index is -0.525. The van der Waals surface area contributed by atoms with Gasteiger partial charge in [-0.25, -0.2) is 4.79 Å². The summed E-state index contributed by atoms with van der Waals surface area (Å²) in [6.07, 6.45) is 1.39. The number of aryl methyl sites for hydroxylation is 2. The van der Waals surface area contributed by atoms with Crippen molar-refractivity contribution < 1.29 is 9.53 Å². The predicted octanol–water partition coefficient (Wildman–Crippen LogP) is 3.13. The lowest BCUT2D eigenvalue weighted by Crippen LogP contribution is -2.54. The van der Waals surface area contributed by atoms with Crippen molar-refractivity contribution in [1.29, 1.82) is 0 Å². The van der Waals surface area contributed by atoms with Crippen molar-refractivity contribution in [2.24, 2.45) is 12.0 Å². The lowest BCUT2D eigenvalue weighted by Gasteiger charge is -2.29. The normalized spacial score (nSPS) is 12.2. The van der Waals surface area contributed by atoms with Gasteiger partial charge in [-0.15, -0.1) is 24.0 Å². The maximum absolute atomic E-state index is 12.0. The standard InChI is InChI=1S/C20H38N6O2.HI/c1-10-15-14(16(11-2)26(9)25-15)12-22-17(21-8)23-13-20(6,7)24-18(27)28-19(3,4)5;/h10-13H2,1-9H3,(H,24,27)(H2,21,22,23);1H. The SMILES string of the molecule is CCc1nn(C)c(CC)c1CNC(=NC)NCC(C)(C)NC(=O)OC(C)(C)C.I. The number of aromatic nitrogens is 2. The number of alkyl carbamates (subject to hydrolysis) is 1. The van der Waals surface area contributed by atoms with Gasteiger partial charge < -0.3 is 20.7 Å².